The third-order valence-corrected chi connectivity index (χ3v) is 2.44. The van der Waals surface area contributed by atoms with Crippen molar-refractivity contribution in [2.75, 3.05) is 5.88 Å². The van der Waals surface area contributed by atoms with Gasteiger partial charge in [-0.25, -0.2) is 0 Å². The summed E-state index contributed by atoms with van der Waals surface area (Å²) < 4.78 is 0. The van der Waals surface area contributed by atoms with Gasteiger partial charge in [0.15, 0.2) is 5.78 Å². The molecule has 0 radical (unpaired) electrons. The molecule has 16 heavy (non-hydrogen) atoms. The van der Waals surface area contributed by atoms with Crippen molar-refractivity contribution in [3.63, 3.8) is 0 Å². The molecule has 3 nitrogen and oxygen atoms in total. The third-order valence-electron chi connectivity index (χ3n) is 2.18. The third kappa shape index (κ3) is 4.03. The lowest BCUT2D eigenvalue weighted by atomic mass is 10.0. The van der Waals surface area contributed by atoms with Gasteiger partial charge in [-0.1, -0.05) is 30.3 Å². The minimum absolute atomic E-state index is 0.0855. The predicted octanol–water partition coefficient (Wildman–Crippen LogP) is 1.54. The maximum atomic E-state index is 11.5. The Labute approximate surface area is 99.8 Å². The second-order valence-corrected chi connectivity index (χ2v) is 3.81. The smallest absolute Gasteiger partial charge is 0.217 e. The number of amides is 1. The molecule has 0 fully saturated rings. The largest absolute Gasteiger partial charge is 0.346 e. The van der Waals surface area contributed by atoms with Gasteiger partial charge >= 0.3 is 0 Å². The van der Waals surface area contributed by atoms with Crippen molar-refractivity contribution in [2.45, 2.75) is 19.4 Å². The molecule has 1 aromatic rings. The molecule has 0 spiro atoms. The Hall–Kier alpha value is -1.35. The Morgan fingerprint density at radius 3 is 2.44 bits per heavy atom. The van der Waals surface area contributed by atoms with E-state index in [0.717, 1.165) is 5.56 Å². The fourth-order valence-electron chi connectivity index (χ4n) is 1.43. The minimum atomic E-state index is -0.530. The summed E-state index contributed by atoms with van der Waals surface area (Å²) in [6.45, 7) is 1.39. The standard InChI is InChI=1S/C12H14ClNO2/c1-9(15)14-11(12(16)8-13)7-10-5-3-2-4-6-10/h2-6,11H,7-8H2,1H3,(H,14,15). The highest BCUT2D eigenvalue weighted by molar-refractivity contribution is 6.28. The molecule has 0 heterocycles. The summed E-state index contributed by atoms with van der Waals surface area (Å²) >= 11 is 5.50. The number of halogens is 1. The first kappa shape index (κ1) is 12.7. The van der Waals surface area contributed by atoms with Gasteiger partial charge in [-0.3, -0.25) is 9.59 Å². The van der Waals surface area contributed by atoms with Crippen molar-refractivity contribution in [3.8, 4) is 0 Å². The number of nitrogens with one attached hydrogen (secondary N) is 1. The quantitative estimate of drug-likeness (QED) is 0.793. The summed E-state index contributed by atoms with van der Waals surface area (Å²) in [5.74, 6) is -0.474. The second kappa shape index (κ2) is 6.28. The zero-order chi connectivity index (χ0) is 12.0. The van der Waals surface area contributed by atoms with E-state index < -0.39 is 6.04 Å². The van der Waals surface area contributed by atoms with Crippen molar-refractivity contribution in [1.82, 2.24) is 5.32 Å². The molecule has 86 valence electrons. The summed E-state index contributed by atoms with van der Waals surface area (Å²) in [4.78, 5) is 22.5. The van der Waals surface area contributed by atoms with Crippen LogP contribution in [-0.2, 0) is 16.0 Å². The predicted molar refractivity (Wildman–Crippen MR) is 63.5 cm³/mol. The number of benzene rings is 1. The van der Waals surface area contributed by atoms with E-state index in [1.807, 2.05) is 30.3 Å². The van der Waals surface area contributed by atoms with Crippen LogP contribution in [0.1, 0.15) is 12.5 Å². The van der Waals surface area contributed by atoms with Crippen molar-refractivity contribution in [2.24, 2.45) is 0 Å². The first-order valence-corrected chi connectivity index (χ1v) is 5.56. The van der Waals surface area contributed by atoms with Crippen LogP contribution in [0.25, 0.3) is 0 Å². The van der Waals surface area contributed by atoms with Crippen LogP contribution in [0.2, 0.25) is 0 Å². The van der Waals surface area contributed by atoms with Gasteiger partial charge in [-0.15, -0.1) is 11.6 Å². The molecule has 1 atom stereocenters. The van der Waals surface area contributed by atoms with Gasteiger partial charge in [0.05, 0.1) is 11.9 Å². The van der Waals surface area contributed by atoms with E-state index in [1.165, 1.54) is 6.92 Å². The van der Waals surface area contributed by atoms with Crippen LogP contribution in [0, 0.1) is 0 Å². The average molecular weight is 240 g/mol. The number of ketones is 1. The summed E-state index contributed by atoms with van der Waals surface area (Å²) in [5.41, 5.74) is 1.000. The van der Waals surface area contributed by atoms with Crippen molar-refractivity contribution in [1.29, 1.82) is 0 Å². The first-order valence-electron chi connectivity index (χ1n) is 5.03. The minimum Gasteiger partial charge on any atom is -0.346 e. The maximum Gasteiger partial charge on any atom is 0.217 e. The fraction of sp³-hybridized carbons (Fsp3) is 0.333. The molecule has 1 amide bonds. The van der Waals surface area contributed by atoms with Gasteiger partial charge in [0, 0.05) is 6.92 Å². The molecule has 4 heteroatoms. The number of alkyl halides is 1. The topological polar surface area (TPSA) is 46.2 Å². The second-order valence-electron chi connectivity index (χ2n) is 3.54. The lowest BCUT2D eigenvalue weighted by Crippen LogP contribution is -2.41. The normalized spacial score (nSPS) is 11.9. The summed E-state index contributed by atoms with van der Waals surface area (Å²) in [6, 6.07) is 8.99. The SMILES string of the molecule is CC(=O)NC(Cc1ccccc1)C(=O)CCl. The van der Waals surface area contributed by atoms with Crippen molar-refractivity contribution >= 4 is 23.3 Å². The number of rotatable bonds is 5. The number of carbonyl (C=O) groups is 2. The van der Waals surface area contributed by atoms with Crippen LogP contribution in [0.15, 0.2) is 30.3 Å². The number of hydrogen-bond donors (Lipinski definition) is 1. The average Bonchev–Trinajstić information content (AvgIpc) is 2.28. The molecular weight excluding hydrogens is 226 g/mol. The summed E-state index contributed by atoms with van der Waals surface area (Å²) in [6.07, 6.45) is 0.478. The number of carbonyl (C=O) groups excluding carboxylic acids is 2. The number of Topliss-reactive ketones (excluding diaryl/α,β-unsaturated/α-hetero) is 1. The van der Waals surface area contributed by atoms with E-state index in [4.69, 9.17) is 11.6 Å². The molecule has 0 aliphatic carbocycles. The molecule has 0 saturated heterocycles. The molecule has 0 saturated carbocycles. The van der Waals surface area contributed by atoms with Crippen LogP contribution in [0.3, 0.4) is 0 Å². The van der Waals surface area contributed by atoms with Crippen LogP contribution < -0.4 is 5.32 Å². The van der Waals surface area contributed by atoms with E-state index in [0.29, 0.717) is 6.42 Å². The van der Waals surface area contributed by atoms with E-state index in [-0.39, 0.29) is 17.6 Å². The van der Waals surface area contributed by atoms with Gasteiger partial charge in [-0.2, -0.15) is 0 Å². The van der Waals surface area contributed by atoms with Gasteiger partial charge < -0.3 is 5.32 Å². The Kier molecular flexibility index (Phi) is 4.99. The highest BCUT2D eigenvalue weighted by Gasteiger charge is 2.18. The molecule has 1 rings (SSSR count). The molecule has 1 aromatic carbocycles. The highest BCUT2D eigenvalue weighted by atomic mass is 35.5. The number of hydrogen-bond acceptors (Lipinski definition) is 2. The van der Waals surface area contributed by atoms with Gasteiger partial charge in [0.2, 0.25) is 5.91 Å². The molecule has 1 unspecified atom stereocenters. The first-order chi connectivity index (χ1) is 7.63. The molecule has 0 aliphatic rings. The van der Waals surface area contributed by atoms with E-state index >= 15 is 0 Å². The lowest BCUT2D eigenvalue weighted by Gasteiger charge is -2.15. The van der Waals surface area contributed by atoms with Gasteiger partial charge in [0.25, 0.3) is 0 Å². The van der Waals surface area contributed by atoms with Crippen molar-refractivity contribution < 1.29 is 9.59 Å². The Morgan fingerprint density at radius 2 is 1.94 bits per heavy atom. The van der Waals surface area contributed by atoms with Gasteiger partial charge in [0.1, 0.15) is 0 Å². The molecule has 0 bridgehead atoms. The Bertz CT molecular complexity index is 365. The van der Waals surface area contributed by atoms with Crippen molar-refractivity contribution in [3.05, 3.63) is 35.9 Å². The molecule has 0 aromatic heterocycles. The molecular formula is C12H14ClNO2. The monoisotopic (exact) mass is 239 g/mol. The van der Waals surface area contributed by atoms with Gasteiger partial charge in [-0.05, 0) is 12.0 Å². The van der Waals surface area contributed by atoms with E-state index in [2.05, 4.69) is 5.32 Å². The molecule has 0 aliphatic heterocycles. The van der Waals surface area contributed by atoms with Crippen LogP contribution >= 0.6 is 11.6 Å². The summed E-state index contributed by atoms with van der Waals surface area (Å²) in [7, 11) is 0. The zero-order valence-electron chi connectivity index (χ0n) is 9.07. The molecule has 1 N–H and O–H groups in total. The zero-order valence-corrected chi connectivity index (χ0v) is 9.83. The highest BCUT2D eigenvalue weighted by Crippen LogP contribution is 2.04. The Morgan fingerprint density at radius 1 is 1.31 bits per heavy atom. The van der Waals surface area contributed by atoms with Crippen LogP contribution in [0.5, 0.6) is 0 Å². The van der Waals surface area contributed by atoms with Crippen LogP contribution in [-0.4, -0.2) is 23.6 Å². The lowest BCUT2D eigenvalue weighted by molar-refractivity contribution is -0.125. The fourth-order valence-corrected chi connectivity index (χ4v) is 1.62. The van der Waals surface area contributed by atoms with Crippen LogP contribution in [0.4, 0.5) is 0 Å². The van der Waals surface area contributed by atoms with E-state index in [9.17, 15) is 9.59 Å². The maximum absolute atomic E-state index is 11.5. The Balaban J connectivity index is 2.70. The van der Waals surface area contributed by atoms with E-state index in [1.54, 1.807) is 0 Å². The summed E-state index contributed by atoms with van der Waals surface area (Å²) in [5, 5.41) is 2.61.